The van der Waals surface area contributed by atoms with Gasteiger partial charge in [-0.2, -0.15) is 5.10 Å². The van der Waals surface area contributed by atoms with Crippen molar-refractivity contribution in [3.63, 3.8) is 0 Å². The predicted octanol–water partition coefficient (Wildman–Crippen LogP) is 0.169. The van der Waals surface area contributed by atoms with Crippen molar-refractivity contribution in [1.29, 1.82) is 0 Å². The average Bonchev–Trinajstić information content (AvgIpc) is 3.27. The summed E-state index contributed by atoms with van der Waals surface area (Å²) in [5.41, 5.74) is 5.67. The third-order valence-electron chi connectivity index (χ3n) is 4.77. The molecule has 0 aliphatic heterocycles. The molecule has 0 bridgehead atoms. The number of carbonyl (C=O) groups is 2. The summed E-state index contributed by atoms with van der Waals surface area (Å²) in [7, 11) is 2.86. The van der Waals surface area contributed by atoms with Crippen LogP contribution < -0.4 is 22.3 Å². The number of fused-ring (bicyclic) bond motifs is 1. The lowest BCUT2D eigenvalue weighted by Crippen LogP contribution is -2.37. The van der Waals surface area contributed by atoms with Gasteiger partial charge < -0.3 is 11.1 Å². The number of aromatic nitrogens is 5. The van der Waals surface area contributed by atoms with Crippen molar-refractivity contribution < 1.29 is 9.59 Å². The number of aryl methyl sites for hydroxylation is 1. The fourth-order valence-corrected chi connectivity index (χ4v) is 3.07. The Balaban J connectivity index is 1.59. The third-order valence-corrected chi connectivity index (χ3v) is 4.77. The Morgan fingerprint density at radius 3 is 2.29 bits per heavy atom. The van der Waals surface area contributed by atoms with E-state index in [0.717, 1.165) is 4.57 Å². The number of hydrogen-bond donors (Lipinski definition) is 2. The number of benzene rings is 1. The number of hydrogen-bond acceptors (Lipinski definition) is 6. The minimum atomic E-state index is -0.624. The van der Waals surface area contributed by atoms with Crippen LogP contribution in [0.4, 0.5) is 5.69 Å². The first-order valence-electron chi connectivity index (χ1n) is 9.10. The topological polar surface area (TPSA) is 147 Å². The Morgan fingerprint density at radius 1 is 0.935 bits per heavy atom. The Kier molecular flexibility index (Phi) is 4.70. The van der Waals surface area contributed by atoms with Gasteiger partial charge in [0, 0.05) is 26.0 Å². The molecule has 0 atom stereocenters. The van der Waals surface area contributed by atoms with Gasteiger partial charge in [-0.3, -0.25) is 23.5 Å². The number of rotatable bonds is 4. The van der Waals surface area contributed by atoms with Crippen LogP contribution in [0.1, 0.15) is 21.0 Å². The van der Waals surface area contributed by atoms with Gasteiger partial charge in [0.05, 0.1) is 11.1 Å². The van der Waals surface area contributed by atoms with Gasteiger partial charge in [-0.05, 0) is 42.5 Å². The smallest absolute Gasteiger partial charge is 0.332 e. The van der Waals surface area contributed by atoms with E-state index in [0.29, 0.717) is 11.4 Å². The van der Waals surface area contributed by atoms with Crippen molar-refractivity contribution >= 4 is 28.5 Å². The van der Waals surface area contributed by atoms with Gasteiger partial charge >= 0.3 is 5.69 Å². The van der Waals surface area contributed by atoms with Crippen LogP contribution in [-0.2, 0) is 14.1 Å². The normalized spacial score (nSPS) is 10.9. The molecule has 3 N–H and O–H groups in total. The molecular formula is C20H17N7O4. The summed E-state index contributed by atoms with van der Waals surface area (Å²) < 4.78 is 3.68. The number of nitrogens with zero attached hydrogens (tertiary/aromatic N) is 5. The van der Waals surface area contributed by atoms with Gasteiger partial charge in [0.2, 0.25) is 0 Å². The van der Waals surface area contributed by atoms with Gasteiger partial charge in [0.1, 0.15) is 17.0 Å². The highest BCUT2D eigenvalue weighted by atomic mass is 16.2. The molecule has 3 aromatic heterocycles. The second-order valence-corrected chi connectivity index (χ2v) is 6.78. The Hall–Kier alpha value is -4.54. The average molecular weight is 419 g/mol. The lowest BCUT2D eigenvalue weighted by atomic mass is 10.2. The van der Waals surface area contributed by atoms with Gasteiger partial charge in [-0.25, -0.2) is 14.5 Å². The molecule has 0 radical (unpaired) electrons. The van der Waals surface area contributed by atoms with Crippen molar-refractivity contribution in [2.24, 2.45) is 19.8 Å². The summed E-state index contributed by atoms with van der Waals surface area (Å²) >= 11 is 0. The summed E-state index contributed by atoms with van der Waals surface area (Å²) in [6.07, 6.45) is 1.60. The molecule has 156 valence electrons. The van der Waals surface area contributed by atoms with E-state index in [-0.39, 0.29) is 22.4 Å². The lowest BCUT2D eigenvalue weighted by molar-refractivity contribution is 0.0992. The molecule has 0 fully saturated rings. The summed E-state index contributed by atoms with van der Waals surface area (Å²) in [5, 5.41) is 7.01. The molecule has 0 aliphatic carbocycles. The highest BCUT2D eigenvalue weighted by Crippen LogP contribution is 2.15. The maximum absolute atomic E-state index is 12.6. The standard InChI is InChI=1S/C20H17N7O4/c1-25-17-13(19(30)26(2)20(25)31)7-8-15(23-17)18(29)22-11-3-5-12(6-4-11)27-10-9-14(24-27)16(21)28/h3-10H,1-2H3,(H2,21,28)(H,22,29). The first kappa shape index (κ1) is 19.8. The minimum absolute atomic E-state index is 0.0537. The number of nitrogens with two attached hydrogens (primary N) is 1. The van der Waals surface area contributed by atoms with Gasteiger partial charge in [-0.1, -0.05) is 0 Å². The lowest BCUT2D eigenvalue weighted by Gasteiger charge is -2.09. The molecule has 2 amide bonds. The van der Waals surface area contributed by atoms with E-state index in [1.165, 1.54) is 41.5 Å². The molecule has 0 saturated carbocycles. The van der Waals surface area contributed by atoms with Gasteiger partial charge in [-0.15, -0.1) is 0 Å². The molecule has 0 aliphatic rings. The molecule has 1 aromatic carbocycles. The zero-order valence-corrected chi connectivity index (χ0v) is 16.6. The van der Waals surface area contributed by atoms with Crippen LogP contribution in [0.2, 0.25) is 0 Å². The van der Waals surface area contributed by atoms with E-state index in [9.17, 15) is 19.2 Å². The van der Waals surface area contributed by atoms with Gasteiger partial charge in [0.25, 0.3) is 17.4 Å². The molecule has 4 aromatic rings. The molecule has 11 heteroatoms. The maximum Gasteiger partial charge on any atom is 0.332 e. The second-order valence-electron chi connectivity index (χ2n) is 6.78. The van der Waals surface area contributed by atoms with E-state index >= 15 is 0 Å². The van der Waals surface area contributed by atoms with E-state index in [1.54, 1.807) is 30.5 Å². The van der Waals surface area contributed by atoms with Crippen molar-refractivity contribution in [3.05, 3.63) is 80.9 Å². The van der Waals surface area contributed by atoms with E-state index in [1.807, 2.05) is 0 Å². The largest absolute Gasteiger partial charge is 0.364 e. The van der Waals surface area contributed by atoms with Crippen LogP contribution in [0.3, 0.4) is 0 Å². The summed E-state index contributed by atoms with van der Waals surface area (Å²) in [6, 6.07) is 11.1. The number of anilines is 1. The molecule has 4 rings (SSSR count). The number of pyridine rings is 1. The third kappa shape index (κ3) is 3.48. The fourth-order valence-electron chi connectivity index (χ4n) is 3.07. The zero-order chi connectivity index (χ0) is 22.3. The van der Waals surface area contributed by atoms with Crippen LogP contribution in [0.5, 0.6) is 0 Å². The molecule has 0 unspecified atom stereocenters. The highest BCUT2D eigenvalue weighted by molar-refractivity contribution is 6.03. The first-order valence-corrected chi connectivity index (χ1v) is 9.10. The Bertz CT molecular complexity index is 1460. The summed E-state index contributed by atoms with van der Waals surface area (Å²) in [5.74, 6) is -1.13. The van der Waals surface area contributed by atoms with E-state index in [2.05, 4.69) is 15.4 Å². The minimum Gasteiger partial charge on any atom is -0.364 e. The van der Waals surface area contributed by atoms with Gasteiger partial charge in [0.15, 0.2) is 0 Å². The molecule has 11 nitrogen and oxygen atoms in total. The van der Waals surface area contributed by atoms with Crippen molar-refractivity contribution in [2.45, 2.75) is 0 Å². The molecular weight excluding hydrogens is 402 g/mol. The van der Waals surface area contributed by atoms with Crippen LogP contribution in [0.15, 0.2) is 58.3 Å². The highest BCUT2D eigenvalue weighted by Gasteiger charge is 2.14. The summed E-state index contributed by atoms with van der Waals surface area (Å²) in [6.45, 7) is 0. The molecule has 3 heterocycles. The fraction of sp³-hybridized carbons (Fsp3) is 0.100. The van der Waals surface area contributed by atoms with Crippen LogP contribution in [0, 0.1) is 0 Å². The molecule has 0 spiro atoms. The van der Waals surface area contributed by atoms with E-state index in [4.69, 9.17) is 5.73 Å². The Morgan fingerprint density at radius 2 is 1.65 bits per heavy atom. The number of nitrogens with one attached hydrogen (secondary N) is 1. The first-order chi connectivity index (χ1) is 14.8. The van der Waals surface area contributed by atoms with Crippen LogP contribution in [-0.4, -0.2) is 35.7 Å². The van der Waals surface area contributed by atoms with Crippen LogP contribution >= 0.6 is 0 Å². The molecule has 0 saturated heterocycles. The maximum atomic E-state index is 12.6. The van der Waals surface area contributed by atoms with Crippen molar-refractivity contribution in [1.82, 2.24) is 23.9 Å². The quantitative estimate of drug-likeness (QED) is 0.482. The predicted molar refractivity (Wildman–Crippen MR) is 112 cm³/mol. The SMILES string of the molecule is Cn1c(=O)c2ccc(C(=O)Nc3ccc(-n4ccc(C(N)=O)n4)cc3)nc2n(C)c1=O. The van der Waals surface area contributed by atoms with Crippen molar-refractivity contribution in [3.8, 4) is 5.69 Å². The van der Waals surface area contributed by atoms with E-state index < -0.39 is 23.1 Å². The van der Waals surface area contributed by atoms with Crippen LogP contribution in [0.25, 0.3) is 16.7 Å². The summed E-state index contributed by atoms with van der Waals surface area (Å²) in [4.78, 5) is 52.3. The van der Waals surface area contributed by atoms with Crippen molar-refractivity contribution in [2.75, 3.05) is 5.32 Å². The Labute approximate surface area is 174 Å². The number of amides is 2. The second kappa shape index (κ2) is 7.37. The monoisotopic (exact) mass is 419 g/mol. The molecule has 31 heavy (non-hydrogen) atoms. The number of carbonyl (C=O) groups excluding carboxylic acids is 2. The number of primary amides is 1. The zero-order valence-electron chi connectivity index (χ0n) is 16.6.